The molecular weight excluding hydrogens is 351 g/mol. The van der Waals surface area contributed by atoms with Crippen molar-refractivity contribution in [3.8, 4) is 11.5 Å². The predicted octanol–water partition coefficient (Wildman–Crippen LogP) is 3.70. The van der Waals surface area contributed by atoms with E-state index in [0.29, 0.717) is 58.7 Å². The lowest BCUT2D eigenvalue weighted by Gasteiger charge is -2.19. The molecule has 3 rings (SSSR count). The Balaban J connectivity index is 1.98. The van der Waals surface area contributed by atoms with E-state index in [2.05, 4.69) is 0 Å². The van der Waals surface area contributed by atoms with Crippen LogP contribution in [-0.2, 0) is 0 Å². The average Bonchev–Trinajstić information content (AvgIpc) is 2.62. The van der Waals surface area contributed by atoms with Crippen molar-refractivity contribution in [3.63, 3.8) is 0 Å². The number of hydrogen-bond acceptors (Lipinski definition) is 4. The van der Waals surface area contributed by atoms with Crippen LogP contribution in [0.1, 0.15) is 31.8 Å². The second-order valence-corrected chi connectivity index (χ2v) is 5.90. The molecule has 0 aromatic heterocycles. The normalized spacial score (nSPS) is 12.6. The molecule has 2 aromatic rings. The molecule has 1 aliphatic rings. The van der Waals surface area contributed by atoms with E-state index in [-0.39, 0.29) is 11.6 Å². The molecule has 0 saturated carbocycles. The van der Waals surface area contributed by atoms with Gasteiger partial charge >= 0.3 is 0 Å². The standard InChI is InChI=1S/C18H14Cl2O4/c19-5-7-23-11-1-3-13-15(9-11)18(22)14-4-2-12(24-8-6-20)10-16(14)17(13)21/h1-4,9-10H,5-8H2. The lowest BCUT2D eigenvalue weighted by molar-refractivity contribution is 0.0978. The highest BCUT2D eigenvalue weighted by molar-refractivity contribution is 6.28. The summed E-state index contributed by atoms with van der Waals surface area (Å²) in [6.07, 6.45) is 0. The van der Waals surface area contributed by atoms with Crippen molar-refractivity contribution in [2.45, 2.75) is 0 Å². The molecule has 0 atom stereocenters. The van der Waals surface area contributed by atoms with Crippen LogP contribution in [0.2, 0.25) is 0 Å². The van der Waals surface area contributed by atoms with Crippen molar-refractivity contribution in [2.24, 2.45) is 0 Å². The maximum absolute atomic E-state index is 12.7. The molecule has 4 nitrogen and oxygen atoms in total. The topological polar surface area (TPSA) is 52.6 Å². The molecule has 0 unspecified atom stereocenters. The summed E-state index contributed by atoms with van der Waals surface area (Å²) in [4.78, 5) is 25.4. The quantitative estimate of drug-likeness (QED) is 0.625. The van der Waals surface area contributed by atoms with Crippen LogP contribution < -0.4 is 9.47 Å². The number of alkyl halides is 2. The molecule has 2 aromatic carbocycles. The number of benzene rings is 2. The summed E-state index contributed by atoms with van der Waals surface area (Å²) >= 11 is 11.2. The first-order valence-corrected chi connectivity index (χ1v) is 8.47. The number of ketones is 2. The first kappa shape index (κ1) is 16.8. The van der Waals surface area contributed by atoms with Crippen LogP contribution in [0, 0.1) is 0 Å². The van der Waals surface area contributed by atoms with Crippen LogP contribution in [0.3, 0.4) is 0 Å². The van der Waals surface area contributed by atoms with Gasteiger partial charge in [-0.2, -0.15) is 0 Å². The summed E-state index contributed by atoms with van der Waals surface area (Å²) in [6, 6.07) is 9.71. The van der Waals surface area contributed by atoms with E-state index in [1.54, 1.807) is 36.4 Å². The zero-order valence-corrected chi connectivity index (χ0v) is 14.2. The van der Waals surface area contributed by atoms with E-state index in [9.17, 15) is 9.59 Å². The van der Waals surface area contributed by atoms with Crippen molar-refractivity contribution in [3.05, 3.63) is 58.7 Å². The minimum atomic E-state index is -0.209. The second kappa shape index (κ2) is 7.24. The Labute approximate surface area is 149 Å². The van der Waals surface area contributed by atoms with Crippen molar-refractivity contribution < 1.29 is 19.1 Å². The zero-order valence-electron chi connectivity index (χ0n) is 12.7. The summed E-state index contributed by atoms with van der Waals surface area (Å²) in [5.74, 6) is 1.30. The van der Waals surface area contributed by atoms with Crippen molar-refractivity contribution in [2.75, 3.05) is 25.0 Å². The number of carbonyl (C=O) groups is 2. The van der Waals surface area contributed by atoms with E-state index < -0.39 is 0 Å². The molecule has 24 heavy (non-hydrogen) atoms. The third-order valence-corrected chi connectivity index (χ3v) is 3.96. The maximum Gasteiger partial charge on any atom is 0.194 e. The van der Waals surface area contributed by atoms with E-state index in [1.165, 1.54) is 0 Å². The highest BCUT2D eigenvalue weighted by Gasteiger charge is 2.30. The molecule has 0 heterocycles. The van der Waals surface area contributed by atoms with Gasteiger partial charge in [-0.3, -0.25) is 9.59 Å². The van der Waals surface area contributed by atoms with Crippen LogP contribution in [-0.4, -0.2) is 36.5 Å². The molecule has 0 aliphatic heterocycles. The number of carbonyl (C=O) groups excluding carboxylic acids is 2. The molecule has 0 amide bonds. The van der Waals surface area contributed by atoms with Gasteiger partial charge in [-0.25, -0.2) is 0 Å². The second-order valence-electron chi connectivity index (χ2n) is 5.15. The van der Waals surface area contributed by atoms with Gasteiger partial charge in [0.2, 0.25) is 0 Å². The van der Waals surface area contributed by atoms with Gasteiger partial charge in [0, 0.05) is 22.3 Å². The first-order valence-electron chi connectivity index (χ1n) is 7.40. The largest absolute Gasteiger partial charge is 0.492 e. The Morgan fingerprint density at radius 3 is 1.46 bits per heavy atom. The molecule has 0 bridgehead atoms. The van der Waals surface area contributed by atoms with Gasteiger partial charge < -0.3 is 9.47 Å². The highest BCUT2D eigenvalue weighted by Crippen LogP contribution is 2.32. The summed E-state index contributed by atoms with van der Waals surface area (Å²) in [5, 5.41) is 0. The van der Waals surface area contributed by atoms with Crippen molar-refractivity contribution >= 4 is 34.8 Å². The first-order chi connectivity index (χ1) is 11.7. The summed E-state index contributed by atoms with van der Waals surface area (Å²) in [6.45, 7) is 0.667. The SMILES string of the molecule is O=C1c2ccc(OCCCl)cc2C(=O)c2ccc(OCCCl)cc21. The molecule has 124 valence electrons. The third kappa shape index (κ3) is 3.12. The minimum absolute atomic E-state index is 0.209. The molecule has 0 radical (unpaired) electrons. The van der Waals surface area contributed by atoms with Crippen LogP contribution >= 0.6 is 23.2 Å². The van der Waals surface area contributed by atoms with Gasteiger partial charge in [0.25, 0.3) is 0 Å². The smallest absolute Gasteiger partial charge is 0.194 e. The lowest BCUT2D eigenvalue weighted by atomic mass is 9.84. The van der Waals surface area contributed by atoms with Crippen LogP contribution in [0.5, 0.6) is 11.5 Å². The average molecular weight is 365 g/mol. The van der Waals surface area contributed by atoms with Crippen LogP contribution in [0.25, 0.3) is 0 Å². The fraction of sp³-hybridized carbons (Fsp3) is 0.222. The fourth-order valence-corrected chi connectivity index (χ4v) is 2.76. The fourth-order valence-electron chi connectivity index (χ4n) is 2.60. The van der Waals surface area contributed by atoms with E-state index >= 15 is 0 Å². The number of halogens is 2. The molecule has 0 N–H and O–H groups in total. The van der Waals surface area contributed by atoms with Gasteiger partial charge in [0.05, 0.1) is 11.8 Å². The minimum Gasteiger partial charge on any atom is -0.492 e. The molecular formula is C18H14Cl2O4. The van der Waals surface area contributed by atoms with E-state index in [4.69, 9.17) is 32.7 Å². The molecule has 0 spiro atoms. The Kier molecular flexibility index (Phi) is 5.07. The molecule has 6 heteroatoms. The monoisotopic (exact) mass is 364 g/mol. The lowest BCUT2D eigenvalue weighted by Crippen LogP contribution is -2.21. The Morgan fingerprint density at radius 1 is 0.667 bits per heavy atom. The van der Waals surface area contributed by atoms with E-state index in [0.717, 1.165) is 0 Å². The third-order valence-electron chi connectivity index (χ3n) is 3.65. The molecule has 0 saturated heterocycles. The predicted molar refractivity (Wildman–Crippen MR) is 92.2 cm³/mol. The van der Waals surface area contributed by atoms with Crippen molar-refractivity contribution in [1.29, 1.82) is 0 Å². The van der Waals surface area contributed by atoms with E-state index in [1.807, 2.05) is 0 Å². The van der Waals surface area contributed by atoms with Crippen LogP contribution in [0.15, 0.2) is 36.4 Å². The Bertz CT molecular complexity index is 734. The van der Waals surface area contributed by atoms with Gasteiger partial charge in [-0.15, -0.1) is 23.2 Å². The van der Waals surface area contributed by atoms with Crippen molar-refractivity contribution in [1.82, 2.24) is 0 Å². The number of hydrogen-bond donors (Lipinski definition) is 0. The molecule has 1 aliphatic carbocycles. The Morgan fingerprint density at radius 2 is 1.08 bits per heavy atom. The number of rotatable bonds is 6. The number of fused-ring (bicyclic) bond motifs is 2. The Hall–Kier alpha value is -2.04. The number of ether oxygens (including phenoxy) is 2. The zero-order chi connectivity index (χ0) is 17.1. The van der Waals surface area contributed by atoms with Gasteiger partial charge in [0.15, 0.2) is 11.6 Å². The highest BCUT2D eigenvalue weighted by atomic mass is 35.5. The van der Waals surface area contributed by atoms with Gasteiger partial charge in [-0.1, -0.05) is 0 Å². The maximum atomic E-state index is 12.7. The van der Waals surface area contributed by atoms with Gasteiger partial charge in [0.1, 0.15) is 24.7 Å². The van der Waals surface area contributed by atoms with Gasteiger partial charge in [-0.05, 0) is 36.4 Å². The van der Waals surface area contributed by atoms with Crippen LogP contribution in [0.4, 0.5) is 0 Å². The summed E-state index contributed by atoms with van der Waals surface area (Å²) in [7, 11) is 0. The summed E-state index contributed by atoms with van der Waals surface area (Å²) < 4.78 is 10.9. The molecule has 0 fully saturated rings. The summed E-state index contributed by atoms with van der Waals surface area (Å²) in [5.41, 5.74) is 1.41.